The zero-order valence-corrected chi connectivity index (χ0v) is 12.8. The van der Waals surface area contributed by atoms with Crippen molar-refractivity contribution in [2.24, 2.45) is 0 Å². The summed E-state index contributed by atoms with van der Waals surface area (Å²) >= 11 is 0. The number of fused-ring (bicyclic) bond motifs is 1. The lowest BCUT2D eigenvalue weighted by Crippen LogP contribution is -2.04. The summed E-state index contributed by atoms with van der Waals surface area (Å²) < 4.78 is 31.2. The molecule has 0 saturated carbocycles. The molecule has 0 bridgehead atoms. The van der Waals surface area contributed by atoms with E-state index < -0.39 is 10.1 Å². The van der Waals surface area contributed by atoms with Gasteiger partial charge in [-0.15, -0.1) is 0 Å². The van der Waals surface area contributed by atoms with Crippen LogP contribution in [0.2, 0.25) is 0 Å². The fraction of sp³-hybridized carbons (Fsp3) is 0.0625. The molecule has 0 aliphatic heterocycles. The van der Waals surface area contributed by atoms with Crippen LogP contribution in [0.15, 0.2) is 65.7 Å². The Balaban J connectivity index is 0.000000160. The molecule has 114 valence electrons. The molecule has 0 saturated heterocycles. The van der Waals surface area contributed by atoms with Gasteiger partial charge in [-0.25, -0.2) is 13.4 Å². The molecule has 0 aliphatic carbocycles. The van der Waals surface area contributed by atoms with Gasteiger partial charge in [0.15, 0.2) is 6.20 Å². The third kappa shape index (κ3) is 4.03. The van der Waals surface area contributed by atoms with E-state index in [1.165, 1.54) is 12.1 Å². The first kappa shape index (κ1) is 15.9. The second-order valence-corrected chi connectivity index (χ2v) is 6.13. The Bertz CT molecular complexity index is 870. The lowest BCUT2D eigenvalue weighted by molar-refractivity contribution is -0.344. The van der Waals surface area contributed by atoms with Crippen LogP contribution in [0, 0.1) is 6.92 Å². The van der Waals surface area contributed by atoms with Crippen molar-refractivity contribution in [3.05, 3.63) is 66.4 Å². The van der Waals surface area contributed by atoms with E-state index in [1.54, 1.807) is 12.1 Å². The second kappa shape index (κ2) is 6.55. The smallest absolute Gasteiger partial charge is 0.233 e. The Labute approximate surface area is 129 Å². The van der Waals surface area contributed by atoms with E-state index in [0.717, 1.165) is 22.2 Å². The van der Waals surface area contributed by atoms with E-state index in [1.807, 2.05) is 43.5 Å². The molecular weight excluding hydrogens is 300 g/mol. The molecule has 0 unspecified atom stereocenters. The van der Waals surface area contributed by atoms with Crippen LogP contribution in [0.25, 0.3) is 10.9 Å². The zero-order valence-electron chi connectivity index (χ0n) is 12.0. The van der Waals surface area contributed by atoms with Gasteiger partial charge in [0.05, 0.1) is 4.90 Å². The van der Waals surface area contributed by atoms with Gasteiger partial charge in [0.25, 0.3) is 0 Å². The van der Waals surface area contributed by atoms with Gasteiger partial charge in [0.1, 0.15) is 15.8 Å². The normalized spacial score (nSPS) is 10.8. The number of benzene rings is 2. The standard InChI is InChI=1S/C9H8N2.C7H8O3S/c10-8-5-1-3-7-4-2-6-11-9(7)8;1-6-2-4-7(5-3-6)11(8,9)10/h1-6H,10H2;2-5H,1H3,(H,8,9,10). The summed E-state index contributed by atoms with van der Waals surface area (Å²) in [7, 11) is -4.27. The van der Waals surface area contributed by atoms with E-state index in [9.17, 15) is 13.0 Å². The van der Waals surface area contributed by atoms with Crippen molar-refractivity contribution in [2.75, 3.05) is 5.73 Å². The van der Waals surface area contributed by atoms with Gasteiger partial charge in [-0.1, -0.05) is 23.8 Å². The Kier molecular flexibility index (Phi) is 4.75. The molecule has 3 aromatic rings. The van der Waals surface area contributed by atoms with Crippen molar-refractivity contribution < 1.29 is 18.0 Å². The number of aryl methyl sites for hydroxylation is 1. The summed E-state index contributed by atoms with van der Waals surface area (Å²) in [5.41, 5.74) is 8.46. The summed E-state index contributed by atoms with van der Waals surface area (Å²) in [6, 6.07) is 15.6. The number of H-pyrrole nitrogens is 1. The highest BCUT2D eigenvalue weighted by atomic mass is 32.2. The maximum absolute atomic E-state index is 10.4. The summed E-state index contributed by atoms with van der Waals surface area (Å²) in [5.74, 6) is 0. The fourth-order valence-electron chi connectivity index (χ4n) is 1.88. The molecule has 0 amide bonds. The molecular formula is C16H16N2O3S. The molecule has 0 fully saturated rings. The maximum atomic E-state index is 10.4. The molecule has 2 aromatic carbocycles. The number of para-hydroxylation sites is 1. The maximum Gasteiger partial charge on any atom is 0.233 e. The summed E-state index contributed by atoms with van der Waals surface area (Å²) in [6.45, 7) is 1.82. The molecule has 0 aliphatic rings. The van der Waals surface area contributed by atoms with Crippen LogP contribution >= 0.6 is 0 Å². The molecule has 6 heteroatoms. The topological polar surface area (TPSA) is 97.4 Å². The van der Waals surface area contributed by atoms with E-state index in [-0.39, 0.29) is 4.90 Å². The van der Waals surface area contributed by atoms with Crippen molar-refractivity contribution in [2.45, 2.75) is 11.8 Å². The van der Waals surface area contributed by atoms with Gasteiger partial charge in [0, 0.05) is 11.5 Å². The Morgan fingerprint density at radius 2 is 1.64 bits per heavy atom. The number of pyridine rings is 1. The fourth-order valence-corrected chi connectivity index (χ4v) is 2.35. The van der Waals surface area contributed by atoms with Crippen molar-refractivity contribution in [1.29, 1.82) is 0 Å². The monoisotopic (exact) mass is 316 g/mol. The number of hydrogen-bond acceptors (Lipinski definition) is 4. The predicted octanol–water partition coefficient (Wildman–Crippen LogP) is 2.14. The number of nitrogen functional groups attached to an aromatic ring is 1. The van der Waals surface area contributed by atoms with Gasteiger partial charge >= 0.3 is 0 Å². The quantitative estimate of drug-likeness (QED) is 0.549. The number of nitrogens with two attached hydrogens (primary N) is 1. The van der Waals surface area contributed by atoms with Crippen molar-refractivity contribution in [3.8, 4) is 0 Å². The van der Waals surface area contributed by atoms with Crippen molar-refractivity contribution in [3.63, 3.8) is 0 Å². The van der Waals surface area contributed by atoms with Crippen molar-refractivity contribution >= 4 is 26.7 Å². The van der Waals surface area contributed by atoms with Crippen LogP contribution in [0.4, 0.5) is 5.69 Å². The van der Waals surface area contributed by atoms with Gasteiger partial charge < -0.3 is 10.3 Å². The molecule has 3 N–H and O–H groups in total. The second-order valence-electron chi connectivity index (χ2n) is 4.75. The molecule has 0 radical (unpaired) electrons. The Hall–Kier alpha value is -2.44. The first-order valence-electron chi connectivity index (χ1n) is 6.55. The number of aromatic nitrogens is 1. The largest absolute Gasteiger partial charge is 0.744 e. The third-order valence-electron chi connectivity index (χ3n) is 3.04. The van der Waals surface area contributed by atoms with E-state index in [4.69, 9.17) is 5.73 Å². The van der Waals surface area contributed by atoms with Crippen LogP contribution in [0.1, 0.15) is 5.56 Å². The number of hydrogen-bond donors (Lipinski definition) is 1. The van der Waals surface area contributed by atoms with Gasteiger partial charge in [-0.2, -0.15) is 0 Å². The van der Waals surface area contributed by atoms with Crippen LogP contribution in [0.3, 0.4) is 0 Å². The highest BCUT2D eigenvalue weighted by molar-refractivity contribution is 7.85. The summed E-state index contributed by atoms with van der Waals surface area (Å²) in [5, 5.41) is 1.15. The van der Waals surface area contributed by atoms with Crippen LogP contribution in [-0.2, 0) is 10.1 Å². The SMILES string of the molecule is Cc1ccc(S(=O)(=O)[O-])cc1.Nc1cccc2ccc[nH+]c12. The molecule has 0 spiro atoms. The minimum Gasteiger partial charge on any atom is -0.744 e. The molecule has 5 nitrogen and oxygen atoms in total. The van der Waals surface area contributed by atoms with E-state index >= 15 is 0 Å². The Morgan fingerprint density at radius 3 is 2.23 bits per heavy atom. The first-order chi connectivity index (χ1) is 10.4. The summed E-state index contributed by atoms with van der Waals surface area (Å²) in [4.78, 5) is 2.92. The lowest BCUT2D eigenvalue weighted by Gasteiger charge is -2.05. The van der Waals surface area contributed by atoms with Gasteiger partial charge in [-0.3, -0.25) is 0 Å². The number of rotatable bonds is 1. The van der Waals surface area contributed by atoms with E-state index in [0.29, 0.717) is 0 Å². The Morgan fingerprint density at radius 1 is 1.00 bits per heavy atom. The zero-order chi connectivity index (χ0) is 16.2. The molecule has 1 aromatic heterocycles. The average molecular weight is 316 g/mol. The number of nitrogens with one attached hydrogen (secondary N) is 1. The van der Waals surface area contributed by atoms with Gasteiger partial charge in [-0.05, 0) is 37.3 Å². The minimum atomic E-state index is -4.27. The predicted molar refractivity (Wildman–Crippen MR) is 84.1 cm³/mol. The van der Waals surface area contributed by atoms with Crippen LogP contribution in [-0.4, -0.2) is 13.0 Å². The van der Waals surface area contributed by atoms with Crippen LogP contribution in [0.5, 0.6) is 0 Å². The number of aromatic amines is 1. The average Bonchev–Trinajstić information content (AvgIpc) is 2.48. The molecule has 22 heavy (non-hydrogen) atoms. The summed E-state index contributed by atoms with van der Waals surface area (Å²) in [6.07, 6.45) is 1.87. The van der Waals surface area contributed by atoms with Gasteiger partial charge in [0.2, 0.25) is 5.52 Å². The highest BCUT2D eigenvalue weighted by Crippen LogP contribution is 2.14. The minimum absolute atomic E-state index is 0.178. The highest BCUT2D eigenvalue weighted by Gasteiger charge is 2.00. The molecule has 3 rings (SSSR count). The van der Waals surface area contributed by atoms with Crippen LogP contribution < -0.4 is 10.7 Å². The first-order valence-corrected chi connectivity index (χ1v) is 7.96. The molecule has 0 atom stereocenters. The lowest BCUT2D eigenvalue weighted by atomic mass is 10.2. The van der Waals surface area contributed by atoms with E-state index in [2.05, 4.69) is 4.98 Å². The number of anilines is 1. The third-order valence-corrected chi connectivity index (χ3v) is 3.89. The van der Waals surface area contributed by atoms with Crippen molar-refractivity contribution in [1.82, 2.24) is 0 Å². The molecule has 1 heterocycles.